The van der Waals surface area contributed by atoms with Gasteiger partial charge in [0.1, 0.15) is 18.1 Å². The van der Waals surface area contributed by atoms with Gasteiger partial charge in [-0.05, 0) is 54.3 Å². The van der Waals surface area contributed by atoms with E-state index < -0.39 is 0 Å². The summed E-state index contributed by atoms with van der Waals surface area (Å²) in [6.07, 6.45) is 3.74. The topological polar surface area (TPSA) is 78.9 Å². The molecule has 2 aliphatic rings. The maximum Gasteiger partial charge on any atom is 0.227 e. The minimum absolute atomic E-state index is 0.0163. The molecule has 0 radical (unpaired) electrons. The lowest BCUT2D eigenvalue weighted by Gasteiger charge is -2.32. The van der Waals surface area contributed by atoms with E-state index in [1.54, 1.807) is 7.11 Å². The average molecular weight is 449 g/mol. The molecule has 2 aliphatic heterocycles. The van der Waals surface area contributed by atoms with E-state index in [1.807, 2.05) is 54.7 Å². The molecule has 2 aromatic carbocycles. The minimum Gasteiger partial charge on any atom is -0.497 e. The van der Waals surface area contributed by atoms with Crippen LogP contribution in [0.2, 0.25) is 0 Å². The number of para-hydroxylation sites is 1. The van der Waals surface area contributed by atoms with Crippen LogP contribution in [0, 0.1) is 5.92 Å². The Kier molecular flexibility index (Phi) is 6.41. The first-order chi connectivity index (χ1) is 16.2. The van der Waals surface area contributed by atoms with Crippen LogP contribution in [0.5, 0.6) is 11.5 Å². The van der Waals surface area contributed by atoms with Crippen LogP contribution in [0.1, 0.15) is 17.5 Å². The summed E-state index contributed by atoms with van der Waals surface area (Å²) in [6, 6.07) is 15.6. The van der Waals surface area contributed by atoms with Crippen molar-refractivity contribution in [3.05, 3.63) is 65.9 Å². The lowest BCUT2D eigenvalue weighted by Crippen LogP contribution is -2.50. The van der Waals surface area contributed by atoms with Gasteiger partial charge >= 0.3 is 0 Å². The second-order valence-electron chi connectivity index (χ2n) is 8.51. The molecule has 33 heavy (non-hydrogen) atoms. The molecule has 1 unspecified atom stereocenters. The number of fused-ring (bicyclic) bond motifs is 2. The third-order valence-electron chi connectivity index (χ3n) is 6.25. The van der Waals surface area contributed by atoms with Gasteiger partial charge in [-0.2, -0.15) is 0 Å². The fraction of sp³-hybridized carbons (Fsp3) is 0.385. The second-order valence-corrected chi connectivity index (χ2v) is 8.51. The molecule has 1 aromatic heterocycles. The molecule has 0 bridgehead atoms. The highest BCUT2D eigenvalue weighted by Gasteiger charge is 2.29. The third-order valence-corrected chi connectivity index (χ3v) is 6.25. The highest BCUT2D eigenvalue weighted by molar-refractivity contribution is 5.83. The van der Waals surface area contributed by atoms with Gasteiger partial charge in [0.25, 0.3) is 0 Å². The van der Waals surface area contributed by atoms with Crippen LogP contribution in [0.15, 0.2) is 54.7 Å². The fourth-order valence-corrected chi connectivity index (χ4v) is 4.41. The van der Waals surface area contributed by atoms with Crippen molar-refractivity contribution in [1.82, 2.24) is 10.3 Å². The van der Waals surface area contributed by atoms with E-state index in [-0.39, 0.29) is 24.2 Å². The van der Waals surface area contributed by atoms with Gasteiger partial charge in [-0.1, -0.05) is 18.2 Å². The van der Waals surface area contributed by atoms with Crippen molar-refractivity contribution in [1.29, 1.82) is 0 Å². The summed E-state index contributed by atoms with van der Waals surface area (Å²) in [4.78, 5) is 17.2. The quantitative estimate of drug-likeness (QED) is 0.624. The van der Waals surface area contributed by atoms with Gasteiger partial charge in [0.2, 0.25) is 5.91 Å². The molecule has 1 fully saturated rings. The van der Waals surface area contributed by atoms with E-state index in [1.165, 1.54) is 5.56 Å². The summed E-state index contributed by atoms with van der Waals surface area (Å²) in [5.41, 5.74) is 3.19. The molecule has 3 heterocycles. The van der Waals surface area contributed by atoms with E-state index in [4.69, 9.17) is 18.9 Å². The monoisotopic (exact) mass is 448 g/mol. The zero-order chi connectivity index (χ0) is 22.6. The van der Waals surface area contributed by atoms with Crippen LogP contribution in [-0.2, 0) is 27.1 Å². The first-order valence-corrected chi connectivity index (χ1v) is 11.4. The number of carbonyl (C=O) groups excluding carboxylic acids is 1. The molecule has 7 nitrogen and oxygen atoms in total. The van der Waals surface area contributed by atoms with Crippen molar-refractivity contribution in [3.8, 4) is 11.5 Å². The van der Waals surface area contributed by atoms with E-state index in [2.05, 4.69) is 10.3 Å². The predicted molar refractivity (Wildman–Crippen MR) is 123 cm³/mol. The third kappa shape index (κ3) is 4.94. The lowest BCUT2D eigenvalue weighted by molar-refractivity contribution is -0.193. The van der Waals surface area contributed by atoms with Crippen molar-refractivity contribution in [2.75, 3.05) is 26.9 Å². The van der Waals surface area contributed by atoms with Gasteiger partial charge in [-0.25, -0.2) is 0 Å². The smallest absolute Gasteiger partial charge is 0.227 e. The Morgan fingerprint density at radius 3 is 2.82 bits per heavy atom. The van der Waals surface area contributed by atoms with Gasteiger partial charge < -0.3 is 24.3 Å². The number of nitrogens with zero attached hydrogens (tertiary/aromatic N) is 1. The highest BCUT2D eigenvalue weighted by Crippen LogP contribution is 2.27. The molecule has 1 atom stereocenters. The Labute approximate surface area is 193 Å². The molecule has 7 heteroatoms. The summed E-state index contributed by atoms with van der Waals surface area (Å²) in [6.45, 7) is 1.27. The number of hydrogen-bond acceptors (Lipinski definition) is 6. The van der Waals surface area contributed by atoms with E-state index in [9.17, 15) is 4.79 Å². The summed E-state index contributed by atoms with van der Waals surface area (Å²) >= 11 is 0. The number of rotatable bonds is 6. The first-order valence-electron chi connectivity index (χ1n) is 11.4. The molecular formula is C26H28N2O5. The summed E-state index contributed by atoms with van der Waals surface area (Å²) in [5, 5.41) is 4.14. The molecule has 3 aromatic rings. The predicted octanol–water partition coefficient (Wildman–Crippen LogP) is 3.29. The molecule has 1 saturated heterocycles. The molecular weight excluding hydrogens is 420 g/mol. The maximum absolute atomic E-state index is 12.7. The van der Waals surface area contributed by atoms with Gasteiger partial charge in [-0.3, -0.25) is 9.78 Å². The van der Waals surface area contributed by atoms with E-state index in [0.717, 1.165) is 40.8 Å². The Morgan fingerprint density at radius 1 is 1.12 bits per heavy atom. The number of ether oxygens (including phenoxy) is 4. The van der Waals surface area contributed by atoms with E-state index in [0.29, 0.717) is 26.2 Å². The number of pyridine rings is 1. The van der Waals surface area contributed by atoms with Crippen molar-refractivity contribution in [2.24, 2.45) is 5.92 Å². The van der Waals surface area contributed by atoms with Crippen molar-refractivity contribution >= 4 is 16.8 Å². The molecule has 0 saturated carbocycles. The second kappa shape index (κ2) is 9.77. The summed E-state index contributed by atoms with van der Waals surface area (Å²) in [7, 11) is 1.66. The molecule has 172 valence electrons. The number of carbonyl (C=O) groups is 1. The Balaban J connectivity index is 1.11. The van der Waals surface area contributed by atoms with Gasteiger partial charge in [0, 0.05) is 18.0 Å². The maximum atomic E-state index is 12.7. The van der Waals surface area contributed by atoms with E-state index >= 15 is 0 Å². The molecule has 1 N–H and O–H groups in total. The van der Waals surface area contributed by atoms with Gasteiger partial charge in [0.05, 0.1) is 37.8 Å². The number of methoxy groups -OCH3 is 1. The average Bonchev–Trinajstić information content (AvgIpc) is 2.87. The molecule has 1 amide bonds. The van der Waals surface area contributed by atoms with Crippen LogP contribution >= 0.6 is 0 Å². The Hall–Kier alpha value is -3.16. The zero-order valence-corrected chi connectivity index (χ0v) is 18.7. The number of nitrogens with one attached hydrogen (secondary N) is 1. The van der Waals surface area contributed by atoms with Crippen LogP contribution in [0.4, 0.5) is 0 Å². The number of hydrogen-bond donors (Lipinski definition) is 1. The normalized spacial score (nSPS) is 22.3. The largest absolute Gasteiger partial charge is 0.497 e. The molecule has 5 rings (SSSR count). The van der Waals surface area contributed by atoms with Crippen molar-refractivity contribution in [2.45, 2.75) is 31.6 Å². The number of benzene rings is 2. The van der Waals surface area contributed by atoms with Gasteiger partial charge in [0.15, 0.2) is 6.29 Å². The fourth-order valence-electron chi connectivity index (χ4n) is 4.41. The SMILES string of the molecule is COc1ccc2nccc(CCC3OCC(NC(=O)C4COc5ccccc5C4)CO3)c2c1. The van der Waals surface area contributed by atoms with Gasteiger partial charge in [-0.15, -0.1) is 0 Å². The highest BCUT2D eigenvalue weighted by atomic mass is 16.7. The number of aromatic nitrogens is 1. The van der Waals surface area contributed by atoms with Crippen LogP contribution in [0.3, 0.4) is 0 Å². The minimum atomic E-state index is -0.295. The standard InChI is InChI=1S/C26H28N2O5/c1-30-21-7-8-23-22(13-21)17(10-11-27-23)6-9-25-32-15-20(16-33-25)28-26(29)19-12-18-4-2-3-5-24(18)31-14-19/h2-5,7-8,10-11,13,19-20,25H,6,9,12,14-16H2,1H3,(H,28,29). The molecule has 0 aliphatic carbocycles. The van der Waals surface area contributed by atoms with Crippen LogP contribution in [-0.4, -0.2) is 50.2 Å². The van der Waals surface area contributed by atoms with Crippen molar-refractivity contribution < 1.29 is 23.7 Å². The first kappa shape index (κ1) is 21.7. The number of amides is 1. The van der Waals surface area contributed by atoms with Crippen molar-refractivity contribution in [3.63, 3.8) is 0 Å². The molecule has 0 spiro atoms. The lowest BCUT2D eigenvalue weighted by atomic mass is 9.96. The Bertz CT molecular complexity index is 1130. The van der Waals surface area contributed by atoms with Crippen LogP contribution in [0.25, 0.3) is 10.9 Å². The summed E-state index contributed by atoms with van der Waals surface area (Å²) in [5.74, 6) is 1.47. The number of aryl methyl sites for hydroxylation is 1. The zero-order valence-electron chi connectivity index (χ0n) is 18.7. The summed E-state index contributed by atoms with van der Waals surface area (Å²) < 4.78 is 22.9. The Morgan fingerprint density at radius 2 is 1.97 bits per heavy atom. The van der Waals surface area contributed by atoms with Crippen LogP contribution < -0.4 is 14.8 Å².